The quantitative estimate of drug-likeness (QED) is 0.685. The van der Waals surface area contributed by atoms with Crippen LogP contribution in [0.5, 0.6) is 0 Å². The molecule has 144 valence electrons. The van der Waals surface area contributed by atoms with E-state index in [9.17, 15) is 14.0 Å². The van der Waals surface area contributed by atoms with Crippen LogP contribution in [-0.4, -0.2) is 49.6 Å². The van der Waals surface area contributed by atoms with Crippen molar-refractivity contribution in [3.05, 3.63) is 35.6 Å². The summed E-state index contributed by atoms with van der Waals surface area (Å²) in [7, 11) is 0. The third-order valence-corrected chi connectivity index (χ3v) is 4.65. The normalized spacial score (nSPS) is 15.1. The van der Waals surface area contributed by atoms with Gasteiger partial charge in [0.05, 0.1) is 0 Å². The molecule has 1 aliphatic rings. The highest BCUT2D eigenvalue weighted by Crippen LogP contribution is 2.19. The molecule has 0 unspecified atom stereocenters. The molecule has 1 saturated heterocycles. The number of unbranched alkanes of at least 4 members (excludes halogenated alkanes) is 1. The summed E-state index contributed by atoms with van der Waals surface area (Å²) in [6, 6.07) is 5.58. The van der Waals surface area contributed by atoms with Crippen LogP contribution in [0.2, 0.25) is 0 Å². The maximum atomic E-state index is 13.0. The molecule has 0 aromatic heterocycles. The first kappa shape index (κ1) is 20.4. The summed E-state index contributed by atoms with van der Waals surface area (Å²) in [6.07, 6.45) is 4.33. The summed E-state index contributed by atoms with van der Waals surface area (Å²) in [4.78, 5) is 26.4. The zero-order chi connectivity index (χ0) is 18.8. The molecule has 0 atom stereocenters. The predicted octanol–water partition coefficient (Wildman–Crippen LogP) is 3.00. The van der Waals surface area contributed by atoms with Gasteiger partial charge in [0.1, 0.15) is 5.82 Å². The monoisotopic (exact) mass is 364 g/mol. The molecular formula is C20H29FN2O3. The van der Waals surface area contributed by atoms with E-state index in [1.165, 1.54) is 24.3 Å². The minimum absolute atomic E-state index is 0.0479. The van der Waals surface area contributed by atoms with E-state index in [0.717, 1.165) is 25.9 Å². The number of likely N-dealkylation sites (tertiary alicyclic amines) is 1. The number of carbonyl (C=O) groups excluding carboxylic acids is 2. The molecule has 6 heteroatoms. The molecule has 1 aromatic carbocycles. The van der Waals surface area contributed by atoms with Gasteiger partial charge in [0, 0.05) is 44.3 Å². The van der Waals surface area contributed by atoms with Gasteiger partial charge >= 0.3 is 0 Å². The molecule has 1 fully saturated rings. The number of nitrogens with zero attached hydrogens (tertiary/aromatic N) is 1. The van der Waals surface area contributed by atoms with E-state index in [1.807, 2.05) is 0 Å². The Morgan fingerprint density at radius 2 is 1.81 bits per heavy atom. The average Bonchev–Trinajstić information content (AvgIpc) is 2.67. The van der Waals surface area contributed by atoms with E-state index in [4.69, 9.17) is 4.74 Å². The molecule has 0 radical (unpaired) electrons. The third-order valence-electron chi connectivity index (χ3n) is 4.65. The van der Waals surface area contributed by atoms with Crippen molar-refractivity contribution in [3.63, 3.8) is 0 Å². The SMILES string of the molecule is CCCCOCCCNC(=O)C1CCN(C(=O)c2ccc(F)cc2)CC1. The molecule has 0 spiro atoms. The van der Waals surface area contributed by atoms with Crippen LogP contribution in [-0.2, 0) is 9.53 Å². The zero-order valence-electron chi connectivity index (χ0n) is 15.5. The third kappa shape index (κ3) is 6.41. The van der Waals surface area contributed by atoms with E-state index in [1.54, 1.807) is 4.90 Å². The predicted molar refractivity (Wildman–Crippen MR) is 98.4 cm³/mol. The van der Waals surface area contributed by atoms with Crippen LogP contribution in [0.25, 0.3) is 0 Å². The van der Waals surface area contributed by atoms with Crippen molar-refractivity contribution < 1.29 is 18.7 Å². The zero-order valence-corrected chi connectivity index (χ0v) is 15.5. The number of benzene rings is 1. The minimum Gasteiger partial charge on any atom is -0.381 e. The summed E-state index contributed by atoms with van der Waals surface area (Å²) in [5, 5.41) is 2.96. The molecule has 0 saturated carbocycles. The fourth-order valence-corrected chi connectivity index (χ4v) is 3.00. The highest BCUT2D eigenvalue weighted by atomic mass is 19.1. The maximum Gasteiger partial charge on any atom is 0.253 e. The van der Waals surface area contributed by atoms with E-state index in [2.05, 4.69) is 12.2 Å². The number of piperidine rings is 1. The number of halogens is 1. The molecular weight excluding hydrogens is 335 g/mol. The van der Waals surface area contributed by atoms with Crippen molar-refractivity contribution in [2.24, 2.45) is 5.92 Å². The van der Waals surface area contributed by atoms with Gasteiger partial charge in [0.25, 0.3) is 5.91 Å². The molecule has 26 heavy (non-hydrogen) atoms. The van der Waals surface area contributed by atoms with E-state index >= 15 is 0 Å². The Labute approximate surface area is 154 Å². The second-order valence-electron chi connectivity index (χ2n) is 6.68. The van der Waals surface area contributed by atoms with Crippen LogP contribution in [0.4, 0.5) is 4.39 Å². The lowest BCUT2D eigenvalue weighted by Gasteiger charge is -2.31. The van der Waals surface area contributed by atoms with Crippen LogP contribution >= 0.6 is 0 Å². The maximum absolute atomic E-state index is 13.0. The fraction of sp³-hybridized carbons (Fsp3) is 0.600. The van der Waals surface area contributed by atoms with Crippen LogP contribution in [0.3, 0.4) is 0 Å². The average molecular weight is 364 g/mol. The summed E-state index contributed by atoms with van der Waals surface area (Å²) in [5.74, 6) is -0.443. The second-order valence-corrected chi connectivity index (χ2v) is 6.68. The molecule has 2 rings (SSSR count). The lowest BCUT2D eigenvalue weighted by atomic mass is 9.95. The van der Waals surface area contributed by atoms with Gasteiger partial charge in [0.2, 0.25) is 5.91 Å². The second kappa shape index (κ2) is 10.9. The van der Waals surface area contributed by atoms with Crippen molar-refractivity contribution in [1.29, 1.82) is 0 Å². The topological polar surface area (TPSA) is 58.6 Å². The first-order valence-electron chi connectivity index (χ1n) is 9.52. The molecule has 1 aliphatic heterocycles. The Morgan fingerprint density at radius 1 is 1.15 bits per heavy atom. The van der Waals surface area contributed by atoms with Gasteiger partial charge in [-0.25, -0.2) is 4.39 Å². The van der Waals surface area contributed by atoms with Gasteiger partial charge in [-0.05, 0) is 49.9 Å². The Morgan fingerprint density at radius 3 is 2.46 bits per heavy atom. The van der Waals surface area contributed by atoms with E-state index < -0.39 is 0 Å². The molecule has 1 aromatic rings. The largest absolute Gasteiger partial charge is 0.381 e. The first-order valence-corrected chi connectivity index (χ1v) is 9.52. The van der Waals surface area contributed by atoms with Crippen LogP contribution in [0, 0.1) is 11.7 Å². The lowest BCUT2D eigenvalue weighted by Crippen LogP contribution is -2.43. The summed E-state index contributed by atoms with van der Waals surface area (Å²) < 4.78 is 18.4. The van der Waals surface area contributed by atoms with Crippen LogP contribution in [0.15, 0.2) is 24.3 Å². The van der Waals surface area contributed by atoms with Gasteiger partial charge in [-0.15, -0.1) is 0 Å². The number of nitrogens with one attached hydrogen (secondary N) is 1. The molecule has 2 amide bonds. The summed E-state index contributed by atoms with van der Waals surface area (Å²) in [6.45, 7) is 5.31. The van der Waals surface area contributed by atoms with Gasteiger partial charge < -0.3 is 15.0 Å². The van der Waals surface area contributed by atoms with E-state index in [0.29, 0.717) is 44.6 Å². The van der Waals surface area contributed by atoms with Crippen molar-refractivity contribution >= 4 is 11.8 Å². The Hall–Kier alpha value is -1.95. The highest BCUT2D eigenvalue weighted by molar-refractivity contribution is 5.94. The van der Waals surface area contributed by atoms with Gasteiger partial charge in [-0.1, -0.05) is 13.3 Å². The minimum atomic E-state index is -0.354. The lowest BCUT2D eigenvalue weighted by molar-refractivity contribution is -0.126. The summed E-state index contributed by atoms with van der Waals surface area (Å²) in [5.41, 5.74) is 0.484. The van der Waals surface area contributed by atoms with E-state index in [-0.39, 0.29) is 23.5 Å². The molecule has 0 aliphatic carbocycles. The number of rotatable bonds is 9. The van der Waals surface area contributed by atoms with Crippen LogP contribution in [0.1, 0.15) is 49.4 Å². The Bertz CT molecular complexity index is 569. The number of hydrogen-bond donors (Lipinski definition) is 1. The van der Waals surface area contributed by atoms with Crippen molar-refractivity contribution in [3.8, 4) is 0 Å². The molecule has 5 nitrogen and oxygen atoms in total. The molecule has 1 N–H and O–H groups in total. The van der Waals surface area contributed by atoms with Gasteiger partial charge in [-0.3, -0.25) is 9.59 Å². The first-order chi connectivity index (χ1) is 12.6. The highest BCUT2D eigenvalue weighted by Gasteiger charge is 2.27. The van der Waals surface area contributed by atoms with Crippen molar-refractivity contribution in [2.45, 2.75) is 39.0 Å². The smallest absolute Gasteiger partial charge is 0.253 e. The number of carbonyl (C=O) groups is 2. The number of ether oxygens (including phenoxy) is 1. The number of amides is 2. The standard InChI is InChI=1S/C20H29FN2O3/c1-2-3-14-26-15-4-11-22-19(24)16-9-12-23(13-10-16)20(25)17-5-7-18(21)8-6-17/h5-8,16H,2-4,9-15H2,1H3,(H,22,24). The molecule has 0 bridgehead atoms. The van der Waals surface area contributed by atoms with Crippen molar-refractivity contribution in [2.75, 3.05) is 32.8 Å². The summed E-state index contributed by atoms with van der Waals surface area (Å²) >= 11 is 0. The van der Waals surface area contributed by atoms with Crippen LogP contribution < -0.4 is 5.32 Å². The Balaban J connectivity index is 1.65. The van der Waals surface area contributed by atoms with Gasteiger partial charge in [0.15, 0.2) is 0 Å². The fourth-order valence-electron chi connectivity index (χ4n) is 3.00. The Kier molecular flexibility index (Phi) is 8.54. The number of hydrogen-bond acceptors (Lipinski definition) is 3. The molecule has 1 heterocycles. The van der Waals surface area contributed by atoms with Crippen molar-refractivity contribution in [1.82, 2.24) is 10.2 Å². The van der Waals surface area contributed by atoms with Gasteiger partial charge in [-0.2, -0.15) is 0 Å².